The first kappa shape index (κ1) is 16.7. The van der Waals surface area contributed by atoms with E-state index < -0.39 is 0 Å². The molecule has 0 saturated heterocycles. The Balaban J connectivity index is 1.93. The van der Waals surface area contributed by atoms with Gasteiger partial charge in [0.15, 0.2) is 5.96 Å². The number of hydrogen-bond acceptors (Lipinski definition) is 3. The largest absolute Gasteiger partial charge is 0.497 e. The van der Waals surface area contributed by atoms with Gasteiger partial charge < -0.3 is 20.5 Å². The lowest BCUT2D eigenvalue weighted by Gasteiger charge is -2.09. The number of aliphatic imine (C=N–C) groups is 1. The smallest absolute Gasteiger partial charge is 0.193 e. The first-order chi connectivity index (χ1) is 11.1. The summed E-state index contributed by atoms with van der Waals surface area (Å²) in [5.74, 6) is 2.08. The zero-order chi connectivity index (χ0) is 16.7. The number of anilines is 1. The molecular weight excluding hydrogens is 290 g/mol. The molecule has 5 nitrogen and oxygen atoms in total. The van der Waals surface area contributed by atoms with Crippen molar-refractivity contribution in [3.05, 3.63) is 53.6 Å². The molecule has 0 fully saturated rings. The average molecular weight is 313 g/mol. The molecule has 122 valence electrons. The van der Waals surface area contributed by atoms with Gasteiger partial charge in [0.05, 0.1) is 14.2 Å². The fourth-order valence-corrected chi connectivity index (χ4v) is 2.26. The highest BCUT2D eigenvalue weighted by molar-refractivity contribution is 5.92. The molecule has 0 aliphatic heterocycles. The van der Waals surface area contributed by atoms with Gasteiger partial charge in [-0.15, -0.1) is 0 Å². The van der Waals surface area contributed by atoms with Crippen molar-refractivity contribution in [3.8, 4) is 11.5 Å². The second-order valence-electron chi connectivity index (χ2n) is 5.19. The van der Waals surface area contributed by atoms with E-state index in [-0.39, 0.29) is 0 Å². The van der Waals surface area contributed by atoms with Crippen LogP contribution in [0.5, 0.6) is 11.5 Å². The van der Waals surface area contributed by atoms with Crippen molar-refractivity contribution < 1.29 is 9.47 Å². The number of methoxy groups -OCH3 is 2. The zero-order valence-electron chi connectivity index (χ0n) is 13.8. The molecule has 0 aliphatic rings. The highest BCUT2D eigenvalue weighted by atomic mass is 16.5. The van der Waals surface area contributed by atoms with Gasteiger partial charge in [-0.05, 0) is 49.2 Å². The molecule has 0 radical (unpaired) electrons. The van der Waals surface area contributed by atoms with E-state index in [0.29, 0.717) is 12.5 Å². The minimum Gasteiger partial charge on any atom is -0.497 e. The molecule has 23 heavy (non-hydrogen) atoms. The van der Waals surface area contributed by atoms with Crippen molar-refractivity contribution >= 4 is 11.6 Å². The van der Waals surface area contributed by atoms with Gasteiger partial charge in [0, 0.05) is 12.2 Å². The Bertz CT molecular complexity index is 666. The van der Waals surface area contributed by atoms with Gasteiger partial charge in [-0.25, -0.2) is 0 Å². The predicted molar refractivity (Wildman–Crippen MR) is 94.5 cm³/mol. The molecule has 2 aromatic rings. The molecule has 5 heteroatoms. The number of benzene rings is 2. The van der Waals surface area contributed by atoms with Crippen molar-refractivity contribution in [2.24, 2.45) is 10.7 Å². The van der Waals surface area contributed by atoms with Crippen LogP contribution in [-0.4, -0.2) is 26.7 Å². The molecule has 2 rings (SSSR count). The second kappa shape index (κ2) is 8.08. The van der Waals surface area contributed by atoms with Crippen LogP contribution in [0, 0.1) is 6.92 Å². The number of ether oxygens (including phenoxy) is 2. The third-order valence-electron chi connectivity index (χ3n) is 3.46. The summed E-state index contributed by atoms with van der Waals surface area (Å²) >= 11 is 0. The van der Waals surface area contributed by atoms with Crippen LogP contribution in [-0.2, 0) is 6.42 Å². The van der Waals surface area contributed by atoms with E-state index in [4.69, 9.17) is 15.2 Å². The Labute approximate surface area is 137 Å². The fraction of sp³-hybridized carbons (Fsp3) is 0.278. The van der Waals surface area contributed by atoms with Crippen LogP contribution in [0.1, 0.15) is 11.1 Å². The van der Waals surface area contributed by atoms with Crippen molar-refractivity contribution in [2.75, 3.05) is 26.1 Å². The van der Waals surface area contributed by atoms with Gasteiger partial charge in [-0.2, -0.15) is 0 Å². The van der Waals surface area contributed by atoms with E-state index in [1.807, 2.05) is 36.4 Å². The third-order valence-corrected chi connectivity index (χ3v) is 3.46. The molecule has 0 saturated carbocycles. The maximum atomic E-state index is 5.92. The molecule has 0 amide bonds. The maximum Gasteiger partial charge on any atom is 0.193 e. The SMILES string of the molecule is COc1ccc(NC(N)=NCCc2cc(C)ccc2OC)cc1. The number of aryl methyl sites for hydroxylation is 1. The predicted octanol–water partition coefficient (Wildman–Crippen LogP) is 2.98. The van der Waals surface area contributed by atoms with Gasteiger partial charge >= 0.3 is 0 Å². The molecule has 0 unspecified atom stereocenters. The normalized spacial score (nSPS) is 11.2. The molecule has 0 spiro atoms. The summed E-state index contributed by atoms with van der Waals surface area (Å²) in [6, 6.07) is 13.6. The van der Waals surface area contributed by atoms with Crippen LogP contribution < -0.4 is 20.5 Å². The van der Waals surface area contributed by atoms with E-state index in [1.165, 1.54) is 5.56 Å². The van der Waals surface area contributed by atoms with E-state index in [2.05, 4.69) is 23.3 Å². The summed E-state index contributed by atoms with van der Waals surface area (Å²) in [4.78, 5) is 4.36. The summed E-state index contributed by atoms with van der Waals surface area (Å²) in [7, 11) is 3.31. The Kier molecular flexibility index (Phi) is 5.86. The molecule has 0 heterocycles. The van der Waals surface area contributed by atoms with Gasteiger partial charge in [0.2, 0.25) is 0 Å². The Hall–Kier alpha value is -2.69. The summed E-state index contributed by atoms with van der Waals surface area (Å²) in [5, 5.41) is 3.06. The molecule has 2 aromatic carbocycles. The number of rotatable bonds is 6. The lowest BCUT2D eigenvalue weighted by molar-refractivity contribution is 0.409. The maximum absolute atomic E-state index is 5.92. The molecular formula is C18H23N3O2. The van der Waals surface area contributed by atoms with Gasteiger partial charge in [0.25, 0.3) is 0 Å². The van der Waals surface area contributed by atoms with E-state index in [9.17, 15) is 0 Å². The fourth-order valence-electron chi connectivity index (χ4n) is 2.26. The number of nitrogens with two attached hydrogens (primary N) is 1. The van der Waals surface area contributed by atoms with Crippen LogP contribution >= 0.6 is 0 Å². The highest BCUT2D eigenvalue weighted by Crippen LogP contribution is 2.20. The average Bonchev–Trinajstić information content (AvgIpc) is 2.56. The summed E-state index contributed by atoms with van der Waals surface area (Å²) in [5.41, 5.74) is 9.13. The first-order valence-electron chi connectivity index (χ1n) is 7.47. The van der Waals surface area contributed by atoms with Crippen LogP contribution in [0.4, 0.5) is 5.69 Å². The molecule has 0 atom stereocenters. The topological polar surface area (TPSA) is 68.9 Å². The second-order valence-corrected chi connectivity index (χ2v) is 5.19. The Morgan fingerprint density at radius 2 is 1.83 bits per heavy atom. The number of nitrogens with zero attached hydrogens (tertiary/aromatic N) is 1. The van der Waals surface area contributed by atoms with Crippen molar-refractivity contribution in [1.82, 2.24) is 0 Å². The van der Waals surface area contributed by atoms with Gasteiger partial charge in [-0.1, -0.05) is 17.7 Å². The number of hydrogen-bond donors (Lipinski definition) is 2. The highest BCUT2D eigenvalue weighted by Gasteiger charge is 2.03. The molecule has 0 aromatic heterocycles. The number of nitrogens with one attached hydrogen (secondary N) is 1. The standard InChI is InChI=1S/C18H23N3O2/c1-13-4-9-17(23-3)14(12-13)10-11-20-18(19)21-15-5-7-16(22-2)8-6-15/h4-9,12H,10-11H2,1-3H3,(H3,19,20,21). The Morgan fingerprint density at radius 1 is 1.09 bits per heavy atom. The molecule has 3 N–H and O–H groups in total. The third kappa shape index (κ3) is 4.92. The van der Waals surface area contributed by atoms with Crippen LogP contribution in [0.15, 0.2) is 47.5 Å². The van der Waals surface area contributed by atoms with Crippen molar-refractivity contribution in [2.45, 2.75) is 13.3 Å². The minimum absolute atomic E-state index is 0.391. The molecule has 0 bridgehead atoms. The Morgan fingerprint density at radius 3 is 2.48 bits per heavy atom. The van der Waals surface area contributed by atoms with Crippen LogP contribution in [0.3, 0.4) is 0 Å². The van der Waals surface area contributed by atoms with Crippen molar-refractivity contribution in [1.29, 1.82) is 0 Å². The van der Waals surface area contributed by atoms with Crippen molar-refractivity contribution in [3.63, 3.8) is 0 Å². The van der Waals surface area contributed by atoms with E-state index in [0.717, 1.165) is 29.2 Å². The number of guanidine groups is 1. The minimum atomic E-state index is 0.391. The zero-order valence-corrected chi connectivity index (χ0v) is 13.8. The van der Waals surface area contributed by atoms with E-state index in [1.54, 1.807) is 14.2 Å². The first-order valence-corrected chi connectivity index (χ1v) is 7.47. The van der Waals surface area contributed by atoms with Crippen LogP contribution in [0.2, 0.25) is 0 Å². The molecule has 0 aliphatic carbocycles. The monoisotopic (exact) mass is 313 g/mol. The van der Waals surface area contributed by atoms with E-state index >= 15 is 0 Å². The summed E-state index contributed by atoms with van der Waals surface area (Å²) in [6.07, 6.45) is 0.774. The summed E-state index contributed by atoms with van der Waals surface area (Å²) < 4.78 is 10.5. The quantitative estimate of drug-likeness (QED) is 0.635. The van der Waals surface area contributed by atoms with Gasteiger partial charge in [-0.3, -0.25) is 4.99 Å². The lowest BCUT2D eigenvalue weighted by atomic mass is 10.1. The van der Waals surface area contributed by atoms with Gasteiger partial charge in [0.1, 0.15) is 11.5 Å². The lowest BCUT2D eigenvalue weighted by Crippen LogP contribution is -2.23. The van der Waals surface area contributed by atoms with Crippen LogP contribution in [0.25, 0.3) is 0 Å². The summed E-state index contributed by atoms with van der Waals surface area (Å²) in [6.45, 7) is 2.65.